The van der Waals surface area contributed by atoms with Gasteiger partial charge in [0.1, 0.15) is 0 Å². The van der Waals surface area contributed by atoms with E-state index in [9.17, 15) is 0 Å². The summed E-state index contributed by atoms with van der Waals surface area (Å²) < 4.78 is 0.950. The lowest BCUT2D eigenvalue weighted by Crippen LogP contribution is -2.00. The fourth-order valence-corrected chi connectivity index (χ4v) is 4.33. The molecule has 0 spiro atoms. The average Bonchev–Trinajstić information content (AvgIpc) is 2.84. The molecule has 1 atom stereocenters. The number of hydrogen-bond donors (Lipinski definition) is 1. The lowest BCUT2D eigenvalue weighted by Gasteiger charge is -2.03. The van der Waals surface area contributed by atoms with Crippen LogP contribution in [0.25, 0.3) is 0 Å². The van der Waals surface area contributed by atoms with Crippen molar-refractivity contribution in [3.8, 4) is 0 Å². The molecule has 2 aromatic rings. The Balaban J connectivity index is 1.74. The maximum atomic E-state index is 5.99. The second-order valence-corrected chi connectivity index (χ2v) is 6.96. The van der Waals surface area contributed by atoms with Crippen molar-refractivity contribution in [2.75, 3.05) is 5.73 Å². The molecular weight excluding hydrogens is 274 g/mol. The Bertz CT molecular complexity index is 553. The third-order valence-electron chi connectivity index (χ3n) is 2.75. The first kappa shape index (κ1) is 11.3. The van der Waals surface area contributed by atoms with E-state index >= 15 is 0 Å². The van der Waals surface area contributed by atoms with Crippen LogP contribution in [0.15, 0.2) is 22.5 Å². The molecule has 1 heterocycles. The van der Waals surface area contributed by atoms with Gasteiger partial charge < -0.3 is 5.73 Å². The Morgan fingerprint density at radius 2 is 2.12 bits per heavy atom. The van der Waals surface area contributed by atoms with E-state index in [2.05, 4.69) is 22.3 Å². The van der Waals surface area contributed by atoms with Crippen molar-refractivity contribution in [3.63, 3.8) is 0 Å². The lowest BCUT2D eigenvalue weighted by molar-refractivity contribution is 0.925. The number of anilines is 1. The van der Waals surface area contributed by atoms with E-state index in [1.54, 1.807) is 11.8 Å². The molecular formula is C11H10ClN3S2. The van der Waals surface area contributed by atoms with E-state index < -0.39 is 0 Å². The smallest absolute Gasteiger partial charge is 0.203 e. The summed E-state index contributed by atoms with van der Waals surface area (Å²) in [6.07, 6.45) is 2.11. The summed E-state index contributed by atoms with van der Waals surface area (Å²) in [5.74, 6) is 0. The SMILES string of the molecule is Nc1nnc(SC2Cc3ccc(Cl)cc3C2)s1. The Hall–Kier alpha value is -0.780. The number of nitrogens with two attached hydrogens (primary N) is 1. The number of nitrogens with zero attached hydrogens (tertiary/aromatic N) is 2. The van der Waals surface area contributed by atoms with Gasteiger partial charge in [0.2, 0.25) is 5.13 Å². The first-order valence-electron chi connectivity index (χ1n) is 5.23. The van der Waals surface area contributed by atoms with Gasteiger partial charge in [0.15, 0.2) is 4.34 Å². The Kier molecular flexibility index (Phi) is 2.98. The van der Waals surface area contributed by atoms with Crippen LogP contribution in [0.4, 0.5) is 5.13 Å². The van der Waals surface area contributed by atoms with Crippen molar-refractivity contribution in [1.82, 2.24) is 10.2 Å². The highest BCUT2D eigenvalue weighted by molar-refractivity contribution is 8.01. The van der Waals surface area contributed by atoms with Gasteiger partial charge in [-0.15, -0.1) is 10.2 Å². The number of halogens is 1. The van der Waals surface area contributed by atoms with E-state index in [4.69, 9.17) is 17.3 Å². The molecule has 1 aromatic heterocycles. The molecule has 1 aliphatic rings. The Morgan fingerprint density at radius 3 is 2.88 bits per heavy atom. The van der Waals surface area contributed by atoms with Crippen molar-refractivity contribution < 1.29 is 0 Å². The third kappa shape index (κ3) is 2.41. The molecule has 0 radical (unpaired) electrons. The molecule has 1 aliphatic carbocycles. The van der Waals surface area contributed by atoms with Gasteiger partial charge in [-0.05, 0) is 36.1 Å². The molecule has 0 saturated carbocycles. The van der Waals surface area contributed by atoms with Crippen molar-refractivity contribution in [1.29, 1.82) is 0 Å². The molecule has 2 N–H and O–H groups in total. The minimum Gasteiger partial charge on any atom is -0.374 e. The van der Waals surface area contributed by atoms with Crippen LogP contribution in [-0.2, 0) is 12.8 Å². The minimum absolute atomic E-state index is 0.524. The van der Waals surface area contributed by atoms with Crippen molar-refractivity contribution in [2.24, 2.45) is 0 Å². The van der Waals surface area contributed by atoms with Crippen LogP contribution in [0.5, 0.6) is 0 Å². The van der Waals surface area contributed by atoms with Crippen LogP contribution in [-0.4, -0.2) is 15.4 Å². The van der Waals surface area contributed by atoms with Gasteiger partial charge in [0.05, 0.1) is 0 Å². The van der Waals surface area contributed by atoms with Crippen molar-refractivity contribution >= 4 is 39.8 Å². The van der Waals surface area contributed by atoms with Gasteiger partial charge in [-0.1, -0.05) is 40.8 Å². The van der Waals surface area contributed by atoms with Gasteiger partial charge in [-0.25, -0.2) is 0 Å². The molecule has 0 saturated heterocycles. The zero-order valence-electron chi connectivity index (χ0n) is 8.89. The highest BCUT2D eigenvalue weighted by Gasteiger charge is 2.23. The van der Waals surface area contributed by atoms with E-state index in [1.807, 2.05) is 6.07 Å². The maximum absolute atomic E-state index is 5.99. The van der Waals surface area contributed by atoms with Gasteiger partial charge in [-0.3, -0.25) is 0 Å². The molecule has 0 aliphatic heterocycles. The summed E-state index contributed by atoms with van der Waals surface area (Å²) in [7, 11) is 0. The summed E-state index contributed by atoms with van der Waals surface area (Å²) in [4.78, 5) is 0. The maximum Gasteiger partial charge on any atom is 0.203 e. The second-order valence-electron chi connectivity index (χ2n) is 3.97. The summed E-state index contributed by atoms with van der Waals surface area (Å²) >= 11 is 9.20. The molecule has 3 rings (SSSR count). The number of thioether (sulfide) groups is 1. The summed E-state index contributed by atoms with van der Waals surface area (Å²) in [5.41, 5.74) is 8.32. The lowest BCUT2D eigenvalue weighted by atomic mass is 10.1. The molecule has 1 aromatic carbocycles. The number of nitrogen functional groups attached to an aromatic ring is 1. The van der Waals surface area contributed by atoms with E-state index in [-0.39, 0.29) is 0 Å². The van der Waals surface area contributed by atoms with Gasteiger partial charge in [0, 0.05) is 10.3 Å². The highest BCUT2D eigenvalue weighted by atomic mass is 35.5. The molecule has 1 unspecified atom stereocenters. The van der Waals surface area contributed by atoms with Gasteiger partial charge in [0.25, 0.3) is 0 Å². The van der Waals surface area contributed by atoms with Gasteiger partial charge >= 0.3 is 0 Å². The molecule has 3 nitrogen and oxygen atoms in total. The Labute approximate surface area is 112 Å². The van der Waals surface area contributed by atoms with E-state index in [0.717, 1.165) is 22.2 Å². The summed E-state index contributed by atoms with van der Waals surface area (Å²) in [5, 5.41) is 9.74. The number of fused-ring (bicyclic) bond motifs is 1. The quantitative estimate of drug-likeness (QED) is 0.920. The van der Waals surface area contributed by atoms with Crippen LogP contribution in [0.3, 0.4) is 0 Å². The average molecular weight is 284 g/mol. The number of hydrogen-bond acceptors (Lipinski definition) is 5. The number of benzene rings is 1. The fourth-order valence-electron chi connectivity index (χ4n) is 2.04. The van der Waals surface area contributed by atoms with Gasteiger partial charge in [-0.2, -0.15) is 0 Å². The normalized spacial score (nSPS) is 18.3. The molecule has 17 heavy (non-hydrogen) atoms. The van der Waals surface area contributed by atoms with E-state index in [1.165, 1.54) is 22.5 Å². The highest BCUT2D eigenvalue weighted by Crippen LogP contribution is 2.36. The molecule has 0 bridgehead atoms. The largest absolute Gasteiger partial charge is 0.374 e. The zero-order valence-corrected chi connectivity index (χ0v) is 11.3. The van der Waals surface area contributed by atoms with Crippen LogP contribution in [0.1, 0.15) is 11.1 Å². The first-order chi connectivity index (χ1) is 8.20. The minimum atomic E-state index is 0.524. The predicted molar refractivity (Wildman–Crippen MR) is 72.8 cm³/mol. The van der Waals surface area contributed by atoms with Crippen LogP contribution >= 0.6 is 34.7 Å². The van der Waals surface area contributed by atoms with Crippen molar-refractivity contribution in [3.05, 3.63) is 34.3 Å². The predicted octanol–water partition coefficient (Wildman–Crippen LogP) is 3.03. The molecule has 6 heteroatoms. The first-order valence-corrected chi connectivity index (χ1v) is 7.31. The van der Waals surface area contributed by atoms with Crippen LogP contribution in [0, 0.1) is 0 Å². The topological polar surface area (TPSA) is 51.8 Å². The Morgan fingerprint density at radius 1 is 1.29 bits per heavy atom. The molecule has 0 fully saturated rings. The number of aromatic nitrogens is 2. The molecule has 88 valence electrons. The standard InChI is InChI=1S/C11H10ClN3S2/c12-8-2-1-6-4-9(5-7(6)3-8)16-11-15-14-10(13)17-11/h1-3,9H,4-5H2,(H2,13,14). The monoisotopic (exact) mass is 283 g/mol. The third-order valence-corrected chi connectivity index (χ3v) is 5.02. The van der Waals surface area contributed by atoms with Crippen molar-refractivity contribution in [2.45, 2.75) is 22.4 Å². The zero-order chi connectivity index (χ0) is 11.8. The van der Waals surface area contributed by atoms with Crippen LogP contribution in [0.2, 0.25) is 5.02 Å². The number of rotatable bonds is 2. The second kappa shape index (κ2) is 4.48. The summed E-state index contributed by atoms with van der Waals surface area (Å²) in [6.45, 7) is 0. The molecule has 0 amide bonds. The fraction of sp³-hybridized carbons (Fsp3) is 0.273. The summed E-state index contributed by atoms with van der Waals surface area (Å²) in [6, 6.07) is 6.13. The van der Waals surface area contributed by atoms with E-state index in [0.29, 0.717) is 10.4 Å². The van der Waals surface area contributed by atoms with Crippen LogP contribution < -0.4 is 5.73 Å².